The topological polar surface area (TPSA) is 39.4 Å². The molecule has 0 aromatic carbocycles. The van der Waals surface area contributed by atoms with Crippen LogP contribution in [0.5, 0.6) is 0 Å². The van der Waals surface area contributed by atoms with Crippen molar-refractivity contribution in [1.82, 2.24) is 0 Å². The Morgan fingerprint density at radius 3 is 3.00 bits per heavy atom. The first kappa shape index (κ1) is 10.5. The number of halogens is 1. The monoisotopic (exact) mass is 246 g/mol. The summed E-state index contributed by atoms with van der Waals surface area (Å²) in [6.45, 7) is 0.612. The molecule has 3 nitrogen and oxygen atoms in total. The maximum atomic E-state index is 11.5. The van der Waals surface area contributed by atoms with E-state index in [0.717, 1.165) is 6.42 Å². The van der Waals surface area contributed by atoms with E-state index in [-0.39, 0.29) is 5.78 Å². The van der Waals surface area contributed by atoms with Gasteiger partial charge in [0.25, 0.3) is 0 Å². The van der Waals surface area contributed by atoms with Gasteiger partial charge < -0.3 is 9.15 Å². The number of ketones is 1. The molecule has 72 valence electrons. The minimum absolute atomic E-state index is 0.0812. The first-order valence-corrected chi connectivity index (χ1v) is 4.80. The second-order valence-electron chi connectivity index (χ2n) is 2.63. The van der Waals surface area contributed by atoms with Crippen molar-refractivity contribution in [2.75, 3.05) is 13.7 Å². The van der Waals surface area contributed by atoms with E-state index in [4.69, 9.17) is 9.15 Å². The molecule has 0 saturated heterocycles. The van der Waals surface area contributed by atoms with Gasteiger partial charge in [-0.2, -0.15) is 0 Å². The molecule has 1 aromatic rings. The number of furan rings is 1. The lowest BCUT2D eigenvalue weighted by atomic mass is 10.1. The van der Waals surface area contributed by atoms with E-state index in [0.29, 0.717) is 23.3 Å². The van der Waals surface area contributed by atoms with Gasteiger partial charge in [0.15, 0.2) is 10.5 Å². The minimum Gasteiger partial charge on any atom is -0.457 e. The fourth-order valence-electron chi connectivity index (χ4n) is 1.01. The van der Waals surface area contributed by atoms with E-state index in [2.05, 4.69) is 15.9 Å². The normalized spacial score (nSPS) is 10.3. The molecule has 4 heteroatoms. The third-order valence-corrected chi connectivity index (χ3v) is 2.28. The Morgan fingerprint density at radius 2 is 2.46 bits per heavy atom. The van der Waals surface area contributed by atoms with Crippen molar-refractivity contribution in [3.05, 3.63) is 22.6 Å². The molecule has 0 atom stereocenters. The standard InChI is InChI=1S/C9H11BrO3/c1-12-5-2-3-8(11)7-4-6-13-9(7)10/h4,6H,2-3,5H2,1H3. The molecule has 0 spiro atoms. The molecule has 0 saturated carbocycles. The Bertz CT molecular complexity index is 280. The van der Waals surface area contributed by atoms with Crippen molar-refractivity contribution in [3.63, 3.8) is 0 Å². The molecule has 0 bridgehead atoms. The predicted molar refractivity (Wildman–Crippen MR) is 51.8 cm³/mol. The molecule has 0 aliphatic heterocycles. The van der Waals surface area contributed by atoms with Crippen LogP contribution in [0.4, 0.5) is 0 Å². The Hall–Kier alpha value is -0.610. The van der Waals surface area contributed by atoms with Crippen molar-refractivity contribution in [1.29, 1.82) is 0 Å². The largest absolute Gasteiger partial charge is 0.457 e. The van der Waals surface area contributed by atoms with Gasteiger partial charge in [-0.3, -0.25) is 4.79 Å². The van der Waals surface area contributed by atoms with Gasteiger partial charge in [0.05, 0.1) is 11.8 Å². The molecule has 13 heavy (non-hydrogen) atoms. The van der Waals surface area contributed by atoms with Gasteiger partial charge in [-0.25, -0.2) is 0 Å². The zero-order valence-electron chi connectivity index (χ0n) is 7.38. The lowest BCUT2D eigenvalue weighted by molar-refractivity contribution is 0.0961. The third kappa shape index (κ3) is 2.97. The Labute approximate surface area is 85.2 Å². The molecule has 0 radical (unpaired) electrons. The Balaban J connectivity index is 2.45. The summed E-state index contributed by atoms with van der Waals surface area (Å²) in [6, 6.07) is 1.67. The zero-order valence-corrected chi connectivity index (χ0v) is 8.96. The van der Waals surface area contributed by atoms with Crippen LogP contribution in [0, 0.1) is 0 Å². The van der Waals surface area contributed by atoms with Gasteiger partial charge in [-0.15, -0.1) is 0 Å². The van der Waals surface area contributed by atoms with Gasteiger partial charge >= 0.3 is 0 Å². The highest BCUT2D eigenvalue weighted by atomic mass is 79.9. The maximum absolute atomic E-state index is 11.5. The second kappa shape index (κ2) is 5.19. The van der Waals surface area contributed by atoms with Crippen LogP contribution >= 0.6 is 15.9 Å². The summed E-state index contributed by atoms with van der Waals surface area (Å²) < 4.78 is 10.3. The molecular weight excluding hydrogens is 236 g/mol. The van der Waals surface area contributed by atoms with Crippen molar-refractivity contribution < 1.29 is 13.9 Å². The number of hydrogen-bond donors (Lipinski definition) is 0. The van der Waals surface area contributed by atoms with Crippen molar-refractivity contribution in [2.45, 2.75) is 12.8 Å². The minimum atomic E-state index is 0.0812. The molecule has 0 aliphatic rings. The average molecular weight is 247 g/mol. The SMILES string of the molecule is COCCCC(=O)c1ccoc1Br. The smallest absolute Gasteiger partial charge is 0.179 e. The van der Waals surface area contributed by atoms with E-state index in [1.54, 1.807) is 13.2 Å². The van der Waals surface area contributed by atoms with Gasteiger partial charge in [0, 0.05) is 20.1 Å². The number of carbonyl (C=O) groups is 1. The molecule has 1 rings (SSSR count). The average Bonchev–Trinajstić information content (AvgIpc) is 2.52. The summed E-state index contributed by atoms with van der Waals surface area (Å²) in [5.41, 5.74) is 0.608. The van der Waals surface area contributed by atoms with Crippen LogP contribution in [-0.2, 0) is 4.74 Å². The van der Waals surface area contributed by atoms with Gasteiger partial charge in [-0.1, -0.05) is 0 Å². The van der Waals surface area contributed by atoms with Crippen LogP contribution in [0.1, 0.15) is 23.2 Å². The van der Waals surface area contributed by atoms with Crippen LogP contribution in [0.15, 0.2) is 21.4 Å². The number of hydrogen-bond acceptors (Lipinski definition) is 3. The lowest BCUT2D eigenvalue weighted by Crippen LogP contribution is -2.00. The van der Waals surface area contributed by atoms with E-state index in [9.17, 15) is 4.79 Å². The zero-order chi connectivity index (χ0) is 9.68. The second-order valence-corrected chi connectivity index (χ2v) is 3.35. The summed E-state index contributed by atoms with van der Waals surface area (Å²) in [7, 11) is 1.62. The molecule has 0 amide bonds. The summed E-state index contributed by atoms with van der Waals surface area (Å²) >= 11 is 3.16. The predicted octanol–water partition coefficient (Wildman–Crippen LogP) is 2.65. The highest BCUT2D eigenvalue weighted by molar-refractivity contribution is 9.10. The molecule has 1 heterocycles. The molecule has 0 aliphatic carbocycles. The third-order valence-electron chi connectivity index (χ3n) is 1.67. The number of rotatable bonds is 5. The molecule has 0 fully saturated rings. The summed E-state index contributed by atoms with van der Waals surface area (Å²) in [4.78, 5) is 11.5. The number of carbonyl (C=O) groups excluding carboxylic acids is 1. The van der Waals surface area contributed by atoms with Gasteiger partial charge in [0.2, 0.25) is 0 Å². The van der Waals surface area contributed by atoms with Gasteiger partial charge in [-0.05, 0) is 28.4 Å². The number of ether oxygens (including phenoxy) is 1. The maximum Gasteiger partial charge on any atom is 0.179 e. The lowest BCUT2D eigenvalue weighted by Gasteiger charge is -1.97. The van der Waals surface area contributed by atoms with Crippen LogP contribution in [0.25, 0.3) is 0 Å². The Kier molecular flexibility index (Phi) is 4.18. The molecule has 0 unspecified atom stereocenters. The van der Waals surface area contributed by atoms with Crippen LogP contribution in [0.3, 0.4) is 0 Å². The first-order chi connectivity index (χ1) is 6.25. The number of Topliss-reactive ketones (excluding diaryl/α,β-unsaturated/α-hetero) is 1. The highest BCUT2D eigenvalue weighted by Crippen LogP contribution is 2.19. The Morgan fingerprint density at radius 1 is 1.69 bits per heavy atom. The van der Waals surface area contributed by atoms with Crippen LogP contribution < -0.4 is 0 Å². The van der Waals surface area contributed by atoms with E-state index in [1.807, 2.05) is 0 Å². The first-order valence-electron chi connectivity index (χ1n) is 4.01. The van der Waals surface area contributed by atoms with Crippen LogP contribution in [0.2, 0.25) is 0 Å². The molecule has 1 aromatic heterocycles. The molecular formula is C9H11BrO3. The summed E-state index contributed by atoms with van der Waals surface area (Å²) in [5, 5.41) is 0. The van der Waals surface area contributed by atoms with Crippen molar-refractivity contribution in [3.8, 4) is 0 Å². The van der Waals surface area contributed by atoms with Crippen molar-refractivity contribution >= 4 is 21.7 Å². The highest BCUT2D eigenvalue weighted by Gasteiger charge is 2.11. The van der Waals surface area contributed by atoms with E-state index in [1.165, 1.54) is 6.26 Å². The van der Waals surface area contributed by atoms with E-state index < -0.39 is 0 Å². The number of methoxy groups -OCH3 is 1. The van der Waals surface area contributed by atoms with Crippen LogP contribution in [-0.4, -0.2) is 19.5 Å². The van der Waals surface area contributed by atoms with Gasteiger partial charge in [0.1, 0.15) is 0 Å². The quantitative estimate of drug-likeness (QED) is 0.593. The summed E-state index contributed by atoms with van der Waals surface area (Å²) in [6.07, 6.45) is 2.73. The fourth-order valence-corrected chi connectivity index (χ4v) is 1.47. The summed E-state index contributed by atoms with van der Waals surface area (Å²) in [5.74, 6) is 0.0812. The van der Waals surface area contributed by atoms with Crippen molar-refractivity contribution in [2.24, 2.45) is 0 Å². The molecule has 0 N–H and O–H groups in total. The fraction of sp³-hybridized carbons (Fsp3) is 0.444. The van der Waals surface area contributed by atoms with E-state index >= 15 is 0 Å².